The lowest BCUT2D eigenvalue weighted by Crippen LogP contribution is -2.50. The molecule has 0 aromatic heterocycles. The Morgan fingerprint density at radius 2 is 1.41 bits per heavy atom. The zero-order chi connectivity index (χ0) is 12.6. The molecule has 4 nitrogen and oxygen atoms in total. The molecule has 0 radical (unpaired) electrons. The fourth-order valence-corrected chi connectivity index (χ4v) is 0.970. The van der Waals surface area contributed by atoms with Crippen LogP contribution in [0.25, 0.3) is 0 Å². The zero-order valence-corrected chi connectivity index (χ0v) is 12.4. The van der Waals surface area contributed by atoms with Crippen LogP contribution >= 0.6 is 41.0 Å². The molecule has 17 heavy (non-hydrogen) atoms. The number of nitrogens with two attached hydrogens (primary N) is 1. The minimum absolute atomic E-state index is 0. The van der Waals surface area contributed by atoms with Crippen molar-refractivity contribution in [3.8, 4) is 0 Å². The smallest absolute Gasteiger partial charge is 0.0856 e. The number of aliphatic hydroxyl groups is 3. The summed E-state index contributed by atoms with van der Waals surface area (Å²) in [6, 6.07) is 7.49. The van der Waals surface area contributed by atoms with Crippen molar-refractivity contribution in [1.29, 1.82) is 0 Å². The van der Waals surface area contributed by atoms with E-state index in [2.05, 4.69) is 15.9 Å². The van der Waals surface area contributed by atoms with Crippen LogP contribution in [0, 0.1) is 0 Å². The molecule has 1 aromatic carbocycles. The summed E-state index contributed by atoms with van der Waals surface area (Å²) in [7, 11) is 0. The first-order valence-electron chi connectivity index (χ1n) is 4.50. The van der Waals surface area contributed by atoms with Gasteiger partial charge in [0, 0.05) is 9.50 Å². The van der Waals surface area contributed by atoms with E-state index in [1.807, 2.05) is 24.3 Å². The first-order valence-corrected chi connectivity index (χ1v) is 5.67. The second kappa shape index (κ2) is 10.1. The molecule has 0 bridgehead atoms. The van der Waals surface area contributed by atoms with Crippen molar-refractivity contribution in [1.82, 2.24) is 0 Å². The van der Waals surface area contributed by atoms with Crippen molar-refractivity contribution in [2.75, 3.05) is 19.8 Å². The van der Waals surface area contributed by atoms with Crippen LogP contribution < -0.4 is 5.73 Å². The summed E-state index contributed by atoms with van der Waals surface area (Å²) in [5.74, 6) is 0. The Morgan fingerprint density at radius 3 is 1.59 bits per heavy atom. The summed E-state index contributed by atoms with van der Waals surface area (Å²) in [4.78, 5) is 0. The van der Waals surface area contributed by atoms with E-state index >= 15 is 0 Å². The van der Waals surface area contributed by atoms with E-state index in [0.717, 1.165) is 9.50 Å². The highest BCUT2D eigenvalue weighted by atomic mass is 79.9. The van der Waals surface area contributed by atoms with Gasteiger partial charge in [0.05, 0.1) is 25.4 Å². The van der Waals surface area contributed by atoms with Crippen LogP contribution in [0.4, 0.5) is 0 Å². The second-order valence-electron chi connectivity index (χ2n) is 3.27. The van der Waals surface area contributed by atoms with Crippen LogP contribution in [0.1, 0.15) is 0 Å². The van der Waals surface area contributed by atoms with Crippen LogP contribution in [0.5, 0.6) is 0 Å². The Hall–Kier alpha value is 0.180. The Bertz CT molecular complexity index is 267. The number of halogens is 2. The van der Waals surface area contributed by atoms with Crippen LogP contribution in [0.2, 0.25) is 5.02 Å². The molecule has 0 fully saturated rings. The highest BCUT2D eigenvalue weighted by molar-refractivity contribution is 9.10. The maximum absolute atomic E-state index is 8.34. The average Bonchev–Trinajstić information content (AvgIpc) is 2.33. The first kappa shape index (κ1) is 19.5. The summed E-state index contributed by atoms with van der Waals surface area (Å²) >= 11 is 8.88. The molecule has 0 atom stereocenters. The van der Waals surface area contributed by atoms with Gasteiger partial charge in [-0.1, -0.05) is 27.5 Å². The molecule has 0 saturated heterocycles. The maximum atomic E-state index is 8.34. The molecule has 0 aliphatic rings. The molecule has 0 amide bonds. The van der Waals surface area contributed by atoms with Crippen molar-refractivity contribution in [2.24, 2.45) is 5.73 Å². The summed E-state index contributed by atoms with van der Waals surface area (Å²) in [5, 5.41) is 25.8. The monoisotopic (exact) mass is 345 g/mol. The molecule has 100 valence electrons. The summed E-state index contributed by atoms with van der Waals surface area (Å²) < 4.78 is 1.06. The predicted molar refractivity (Wildman–Crippen MR) is 77.7 cm³/mol. The van der Waals surface area contributed by atoms with Gasteiger partial charge >= 0.3 is 0 Å². The van der Waals surface area contributed by atoms with Gasteiger partial charge in [0.25, 0.3) is 0 Å². The average molecular weight is 347 g/mol. The molecule has 0 aliphatic heterocycles. The maximum Gasteiger partial charge on any atom is 0.0856 e. The Kier molecular flexibility index (Phi) is 11.6. The van der Waals surface area contributed by atoms with Crippen molar-refractivity contribution < 1.29 is 15.3 Å². The number of hydrogen-bond acceptors (Lipinski definition) is 4. The normalized spacial score (nSPS) is 10.0. The lowest BCUT2D eigenvalue weighted by Gasteiger charge is -2.20. The van der Waals surface area contributed by atoms with Gasteiger partial charge in [0.2, 0.25) is 0 Å². The standard InChI is InChI=1S/C6H4BrCl.C4H11NO3.H2S/c7-5-1-3-6(8)4-2-5;5-4(1-6,2-7)3-8;/h1-4H;6-8H,1-3,5H2;1H2. The number of rotatable bonds is 3. The zero-order valence-electron chi connectivity index (χ0n) is 9.11. The van der Waals surface area contributed by atoms with Gasteiger partial charge in [-0.15, -0.1) is 0 Å². The minimum Gasteiger partial charge on any atom is -0.394 e. The predicted octanol–water partition coefficient (Wildman–Crippen LogP) is 0.876. The fraction of sp³-hybridized carbons (Fsp3) is 0.400. The summed E-state index contributed by atoms with van der Waals surface area (Å²) in [6.45, 7) is -1.21. The molecule has 5 N–H and O–H groups in total. The van der Waals surface area contributed by atoms with Crippen LogP contribution in [0.15, 0.2) is 28.7 Å². The number of hydrogen-bond donors (Lipinski definition) is 4. The van der Waals surface area contributed by atoms with Crippen molar-refractivity contribution in [3.63, 3.8) is 0 Å². The Labute approximate surface area is 121 Å². The highest BCUT2D eigenvalue weighted by Gasteiger charge is 2.20. The summed E-state index contributed by atoms with van der Waals surface area (Å²) in [5.41, 5.74) is 3.94. The van der Waals surface area contributed by atoms with Gasteiger partial charge in [-0.05, 0) is 24.3 Å². The molecule has 1 rings (SSSR count). The Balaban J connectivity index is 0. The third-order valence-electron chi connectivity index (χ3n) is 1.75. The highest BCUT2D eigenvalue weighted by Crippen LogP contribution is 2.13. The van der Waals surface area contributed by atoms with Crippen LogP contribution in [0.3, 0.4) is 0 Å². The van der Waals surface area contributed by atoms with E-state index in [1.54, 1.807) is 0 Å². The van der Waals surface area contributed by atoms with E-state index in [1.165, 1.54) is 0 Å². The van der Waals surface area contributed by atoms with Crippen LogP contribution in [-0.2, 0) is 0 Å². The molecular weight excluding hydrogens is 330 g/mol. The van der Waals surface area contributed by atoms with E-state index in [-0.39, 0.29) is 13.5 Å². The van der Waals surface area contributed by atoms with Crippen molar-refractivity contribution in [3.05, 3.63) is 33.8 Å². The SMILES string of the molecule is Clc1ccc(Br)cc1.NC(CO)(CO)CO.S. The molecule has 0 saturated carbocycles. The molecule has 0 spiro atoms. The number of benzene rings is 1. The van der Waals surface area contributed by atoms with E-state index in [9.17, 15) is 0 Å². The topological polar surface area (TPSA) is 86.7 Å². The molecule has 0 unspecified atom stereocenters. The van der Waals surface area contributed by atoms with E-state index in [0.29, 0.717) is 0 Å². The third kappa shape index (κ3) is 8.84. The molecular formula is C10H17BrClNO3S. The summed E-state index contributed by atoms with van der Waals surface area (Å²) in [6.07, 6.45) is 0. The minimum atomic E-state index is -1.21. The molecule has 7 heteroatoms. The van der Waals surface area contributed by atoms with E-state index in [4.69, 9.17) is 32.7 Å². The van der Waals surface area contributed by atoms with Gasteiger partial charge < -0.3 is 21.1 Å². The van der Waals surface area contributed by atoms with E-state index < -0.39 is 25.4 Å². The van der Waals surface area contributed by atoms with Gasteiger partial charge in [-0.2, -0.15) is 13.5 Å². The van der Waals surface area contributed by atoms with Crippen molar-refractivity contribution in [2.45, 2.75) is 5.54 Å². The second-order valence-corrected chi connectivity index (χ2v) is 4.63. The lowest BCUT2D eigenvalue weighted by atomic mass is 10.1. The van der Waals surface area contributed by atoms with Gasteiger partial charge in [0.15, 0.2) is 0 Å². The van der Waals surface area contributed by atoms with Gasteiger partial charge in [-0.25, -0.2) is 0 Å². The van der Waals surface area contributed by atoms with Crippen LogP contribution in [-0.4, -0.2) is 40.7 Å². The van der Waals surface area contributed by atoms with Gasteiger partial charge in [-0.3, -0.25) is 0 Å². The number of aliphatic hydroxyl groups excluding tert-OH is 3. The quantitative estimate of drug-likeness (QED) is 0.654. The third-order valence-corrected chi connectivity index (χ3v) is 2.53. The molecule has 0 heterocycles. The Morgan fingerprint density at radius 1 is 1.06 bits per heavy atom. The van der Waals surface area contributed by atoms with Crippen molar-refractivity contribution >= 4 is 41.0 Å². The lowest BCUT2D eigenvalue weighted by molar-refractivity contribution is 0.0698. The van der Waals surface area contributed by atoms with Gasteiger partial charge in [0.1, 0.15) is 0 Å². The largest absolute Gasteiger partial charge is 0.394 e. The fourth-order valence-electron chi connectivity index (χ4n) is 0.580. The molecule has 0 aliphatic carbocycles. The molecule has 1 aromatic rings. The first-order chi connectivity index (χ1) is 7.47.